The Hall–Kier alpha value is -3.29. The average molecular weight is 372 g/mol. The van der Waals surface area contributed by atoms with Crippen molar-refractivity contribution >= 4 is 29.0 Å². The van der Waals surface area contributed by atoms with Crippen LogP contribution in [0.25, 0.3) is 0 Å². The number of carbonyl (C=O) groups is 2. The summed E-state index contributed by atoms with van der Waals surface area (Å²) in [6, 6.07) is 8.97. The van der Waals surface area contributed by atoms with Gasteiger partial charge >= 0.3 is 6.03 Å². The van der Waals surface area contributed by atoms with Gasteiger partial charge in [0.15, 0.2) is 0 Å². The van der Waals surface area contributed by atoms with Gasteiger partial charge in [-0.25, -0.2) is 19.0 Å². The maximum Gasteiger partial charge on any atom is 0.323 e. The molecule has 0 unspecified atom stereocenters. The molecule has 0 atom stereocenters. The summed E-state index contributed by atoms with van der Waals surface area (Å²) in [6.45, 7) is 3.81. The van der Waals surface area contributed by atoms with E-state index in [1.807, 2.05) is 19.9 Å². The lowest BCUT2D eigenvalue weighted by atomic mass is 9.79. The van der Waals surface area contributed by atoms with Crippen LogP contribution in [0.5, 0.6) is 0 Å². The van der Waals surface area contributed by atoms with Crippen molar-refractivity contribution in [3.05, 3.63) is 59.7 Å². The second-order valence-electron chi connectivity index (χ2n) is 6.84. The fourth-order valence-electron chi connectivity index (χ4n) is 2.87. The highest BCUT2D eigenvalue weighted by Gasteiger charge is 2.33. The minimum Gasteiger partial charge on any atom is -0.308 e. The lowest BCUT2D eigenvalue weighted by Crippen LogP contribution is -2.39. The molecule has 0 fully saturated rings. The molecule has 0 aliphatic carbocycles. The van der Waals surface area contributed by atoms with E-state index in [1.54, 1.807) is 18.2 Å². The second kappa shape index (κ2) is 7.14. The first-order valence-corrected chi connectivity index (χ1v) is 8.25. The van der Waals surface area contributed by atoms with E-state index in [0.29, 0.717) is 17.8 Å². The number of hydrogen-bond donors (Lipinski definition) is 3. The number of hydrogen-bond acceptors (Lipinski definition) is 3. The standard InChI is InChI=1S/C19H18F2N4O2/c1-19(2)10-16(26)24-25-17(19)11-4-3-5-13(8-11)22-18(27)23-15-9-12(20)6-7-14(15)21/h3-9H,10H2,1-2H3,(H,24,26)(H2,22,23,27). The maximum atomic E-state index is 13.6. The molecule has 3 N–H and O–H groups in total. The molecule has 0 spiro atoms. The molecule has 0 radical (unpaired) electrons. The van der Waals surface area contributed by atoms with Crippen LogP contribution in [0.4, 0.5) is 25.0 Å². The molecule has 0 aromatic heterocycles. The zero-order valence-corrected chi connectivity index (χ0v) is 14.8. The highest BCUT2D eigenvalue weighted by molar-refractivity contribution is 6.09. The highest BCUT2D eigenvalue weighted by atomic mass is 19.1. The van der Waals surface area contributed by atoms with Gasteiger partial charge in [-0.2, -0.15) is 5.10 Å². The van der Waals surface area contributed by atoms with Crippen molar-refractivity contribution in [2.24, 2.45) is 10.5 Å². The number of urea groups is 1. The maximum absolute atomic E-state index is 13.6. The fourth-order valence-corrected chi connectivity index (χ4v) is 2.87. The molecule has 6 nitrogen and oxygen atoms in total. The number of benzene rings is 2. The van der Waals surface area contributed by atoms with E-state index in [0.717, 1.165) is 23.8 Å². The van der Waals surface area contributed by atoms with Gasteiger partial charge in [-0.3, -0.25) is 4.79 Å². The fraction of sp³-hybridized carbons (Fsp3) is 0.211. The summed E-state index contributed by atoms with van der Waals surface area (Å²) in [7, 11) is 0. The van der Waals surface area contributed by atoms with Crippen LogP contribution < -0.4 is 16.1 Å². The molecule has 1 heterocycles. The van der Waals surface area contributed by atoms with Crippen LogP contribution in [0.1, 0.15) is 25.8 Å². The van der Waals surface area contributed by atoms with Crippen LogP contribution >= 0.6 is 0 Å². The largest absolute Gasteiger partial charge is 0.323 e. The Kier molecular flexibility index (Phi) is 4.89. The molecule has 140 valence electrons. The van der Waals surface area contributed by atoms with Gasteiger partial charge in [-0.05, 0) is 24.3 Å². The van der Waals surface area contributed by atoms with Gasteiger partial charge in [0.05, 0.1) is 11.4 Å². The van der Waals surface area contributed by atoms with Crippen molar-refractivity contribution in [2.75, 3.05) is 10.6 Å². The monoisotopic (exact) mass is 372 g/mol. The molecule has 2 aromatic carbocycles. The molecule has 0 bridgehead atoms. The molecule has 8 heteroatoms. The third kappa shape index (κ3) is 4.28. The zero-order valence-electron chi connectivity index (χ0n) is 14.8. The molecule has 0 saturated carbocycles. The number of nitrogens with zero attached hydrogens (tertiary/aromatic N) is 1. The first kappa shape index (κ1) is 18.5. The summed E-state index contributed by atoms with van der Waals surface area (Å²) in [4.78, 5) is 23.7. The lowest BCUT2D eigenvalue weighted by molar-refractivity contribution is -0.122. The van der Waals surface area contributed by atoms with Crippen LogP contribution in [0, 0.1) is 17.0 Å². The van der Waals surface area contributed by atoms with E-state index in [1.165, 1.54) is 0 Å². The number of hydrazone groups is 1. The van der Waals surface area contributed by atoms with E-state index < -0.39 is 23.1 Å². The van der Waals surface area contributed by atoms with Gasteiger partial charge in [0, 0.05) is 29.2 Å². The number of rotatable bonds is 3. The van der Waals surface area contributed by atoms with Gasteiger partial charge in [-0.15, -0.1) is 0 Å². The Bertz CT molecular complexity index is 941. The molecular formula is C19H18F2N4O2. The quantitative estimate of drug-likeness (QED) is 0.765. The lowest BCUT2D eigenvalue weighted by Gasteiger charge is -2.29. The topological polar surface area (TPSA) is 82.6 Å². The van der Waals surface area contributed by atoms with E-state index in [9.17, 15) is 18.4 Å². The third-order valence-electron chi connectivity index (χ3n) is 4.11. The molecule has 1 aliphatic heterocycles. The molecule has 3 amide bonds. The minimum absolute atomic E-state index is 0.158. The van der Waals surface area contributed by atoms with Crippen molar-refractivity contribution in [1.82, 2.24) is 5.43 Å². The van der Waals surface area contributed by atoms with E-state index >= 15 is 0 Å². The molecule has 27 heavy (non-hydrogen) atoms. The molecular weight excluding hydrogens is 354 g/mol. The average Bonchev–Trinajstić information content (AvgIpc) is 2.57. The predicted molar refractivity (Wildman–Crippen MR) is 98.5 cm³/mol. The molecule has 1 aliphatic rings. The van der Waals surface area contributed by atoms with Gasteiger partial charge in [-0.1, -0.05) is 26.0 Å². The number of amides is 3. The summed E-state index contributed by atoms with van der Waals surface area (Å²) in [6.07, 6.45) is 0.294. The zero-order chi connectivity index (χ0) is 19.6. The van der Waals surface area contributed by atoms with E-state index in [-0.39, 0.29) is 11.6 Å². The minimum atomic E-state index is -0.741. The Morgan fingerprint density at radius 3 is 2.67 bits per heavy atom. The van der Waals surface area contributed by atoms with Crippen LogP contribution in [0.3, 0.4) is 0 Å². The van der Waals surface area contributed by atoms with E-state index in [4.69, 9.17) is 0 Å². The van der Waals surface area contributed by atoms with Gasteiger partial charge in [0.2, 0.25) is 5.91 Å². The number of halogens is 2. The molecule has 2 aromatic rings. The molecule has 3 rings (SSSR count). The Morgan fingerprint density at radius 2 is 1.93 bits per heavy atom. The van der Waals surface area contributed by atoms with E-state index in [2.05, 4.69) is 21.2 Å². The summed E-state index contributed by atoms with van der Waals surface area (Å²) < 4.78 is 26.8. The first-order chi connectivity index (χ1) is 12.7. The number of anilines is 2. The van der Waals surface area contributed by atoms with Crippen LogP contribution in [-0.2, 0) is 4.79 Å². The number of carbonyl (C=O) groups excluding carboxylic acids is 2. The second-order valence-corrected chi connectivity index (χ2v) is 6.84. The van der Waals surface area contributed by atoms with Crippen molar-refractivity contribution in [3.63, 3.8) is 0 Å². The Balaban J connectivity index is 1.77. The van der Waals surface area contributed by atoms with Crippen molar-refractivity contribution < 1.29 is 18.4 Å². The van der Waals surface area contributed by atoms with Crippen LogP contribution in [0.15, 0.2) is 47.6 Å². The van der Waals surface area contributed by atoms with Crippen LogP contribution in [0.2, 0.25) is 0 Å². The van der Waals surface area contributed by atoms with Gasteiger partial charge in [0.25, 0.3) is 0 Å². The van der Waals surface area contributed by atoms with Gasteiger partial charge < -0.3 is 10.6 Å². The Labute approximate surface area is 154 Å². The first-order valence-electron chi connectivity index (χ1n) is 8.25. The van der Waals surface area contributed by atoms with Crippen molar-refractivity contribution in [1.29, 1.82) is 0 Å². The highest BCUT2D eigenvalue weighted by Crippen LogP contribution is 2.30. The smallest absolute Gasteiger partial charge is 0.308 e. The predicted octanol–water partition coefficient (Wildman–Crippen LogP) is 3.86. The summed E-state index contributed by atoms with van der Waals surface area (Å²) in [5.41, 5.74) is 3.59. The normalized spacial score (nSPS) is 15.6. The summed E-state index contributed by atoms with van der Waals surface area (Å²) in [5, 5.41) is 8.98. The summed E-state index contributed by atoms with van der Waals surface area (Å²) in [5.74, 6) is -1.56. The van der Waals surface area contributed by atoms with Crippen LogP contribution in [-0.4, -0.2) is 17.6 Å². The van der Waals surface area contributed by atoms with Gasteiger partial charge in [0.1, 0.15) is 11.6 Å². The Morgan fingerprint density at radius 1 is 1.15 bits per heavy atom. The SMILES string of the molecule is CC1(C)CC(=O)NN=C1c1cccc(NC(=O)Nc2cc(F)ccc2F)c1. The van der Waals surface area contributed by atoms with Crippen molar-refractivity contribution in [3.8, 4) is 0 Å². The van der Waals surface area contributed by atoms with Crippen molar-refractivity contribution in [2.45, 2.75) is 20.3 Å². The summed E-state index contributed by atoms with van der Waals surface area (Å²) >= 11 is 0. The third-order valence-corrected chi connectivity index (χ3v) is 4.11. The molecule has 0 saturated heterocycles. The number of nitrogens with one attached hydrogen (secondary N) is 3.